The Labute approximate surface area is 149 Å². The van der Waals surface area contributed by atoms with Gasteiger partial charge in [0.1, 0.15) is 17.2 Å². The first-order chi connectivity index (χ1) is 12.8. The van der Waals surface area contributed by atoms with Crippen molar-refractivity contribution in [2.75, 3.05) is 5.32 Å². The number of carbonyl (C=O) groups excluding carboxylic acids is 1. The van der Waals surface area contributed by atoms with E-state index in [1.165, 1.54) is 0 Å². The molecule has 7 nitrogen and oxygen atoms in total. The number of hydrogen-bond acceptors (Lipinski definition) is 6. The van der Waals surface area contributed by atoms with Crippen LogP contribution in [0.15, 0.2) is 70.2 Å². The zero-order valence-corrected chi connectivity index (χ0v) is 13.8. The Hall–Kier alpha value is -3.61. The van der Waals surface area contributed by atoms with Gasteiger partial charge in [0.15, 0.2) is 0 Å². The maximum absolute atomic E-state index is 12.4. The molecule has 26 heavy (non-hydrogen) atoms. The standard InChI is InChI=1S/C19H16N4O3/c24-19(22-11-15-4-2-8-26-15)16-6-5-13-9-20-12-17(18(13)23-16)21-10-14-3-1-7-25-14/h1-9,12,21H,10-11H2,(H,22,24). The highest BCUT2D eigenvalue weighted by molar-refractivity contribution is 5.97. The Balaban J connectivity index is 1.54. The molecule has 0 aliphatic rings. The molecule has 7 heteroatoms. The lowest BCUT2D eigenvalue weighted by Crippen LogP contribution is -2.23. The zero-order valence-electron chi connectivity index (χ0n) is 13.8. The molecule has 4 rings (SSSR count). The number of pyridine rings is 2. The molecule has 0 unspecified atom stereocenters. The van der Waals surface area contributed by atoms with Crippen LogP contribution in [0.2, 0.25) is 0 Å². The highest BCUT2D eigenvalue weighted by Gasteiger charge is 2.11. The molecular weight excluding hydrogens is 332 g/mol. The number of rotatable bonds is 6. The molecule has 0 aliphatic carbocycles. The normalized spacial score (nSPS) is 10.8. The predicted octanol–water partition coefficient (Wildman–Crippen LogP) is 3.36. The first-order valence-corrected chi connectivity index (χ1v) is 8.11. The van der Waals surface area contributed by atoms with Crippen LogP contribution < -0.4 is 10.6 Å². The number of hydrogen-bond donors (Lipinski definition) is 2. The number of aromatic nitrogens is 2. The summed E-state index contributed by atoms with van der Waals surface area (Å²) in [6.07, 6.45) is 6.59. The summed E-state index contributed by atoms with van der Waals surface area (Å²) in [5, 5.41) is 6.88. The Morgan fingerprint density at radius 1 is 0.962 bits per heavy atom. The van der Waals surface area contributed by atoms with Gasteiger partial charge in [-0.2, -0.15) is 0 Å². The molecule has 2 N–H and O–H groups in total. The Bertz CT molecular complexity index is 1010. The molecule has 0 saturated carbocycles. The molecule has 0 saturated heterocycles. The lowest BCUT2D eigenvalue weighted by atomic mass is 10.2. The second-order valence-corrected chi connectivity index (χ2v) is 5.65. The van der Waals surface area contributed by atoms with Crippen molar-refractivity contribution in [3.63, 3.8) is 0 Å². The summed E-state index contributed by atoms with van der Waals surface area (Å²) < 4.78 is 10.5. The molecule has 130 valence electrons. The quantitative estimate of drug-likeness (QED) is 0.555. The van der Waals surface area contributed by atoms with E-state index in [1.54, 1.807) is 43.1 Å². The molecule has 0 aromatic carbocycles. The van der Waals surface area contributed by atoms with Gasteiger partial charge in [-0.1, -0.05) is 0 Å². The molecule has 0 radical (unpaired) electrons. The minimum Gasteiger partial charge on any atom is -0.467 e. The third kappa shape index (κ3) is 3.41. The van der Waals surface area contributed by atoms with Crippen molar-refractivity contribution in [2.45, 2.75) is 13.1 Å². The maximum Gasteiger partial charge on any atom is 0.270 e. The van der Waals surface area contributed by atoms with Gasteiger partial charge >= 0.3 is 0 Å². The average Bonchev–Trinajstić information content (AvgIpc) is 3.37. The van der Waals surface area contributed by atoms with Crippen LogP contribution in [0.4, 0.5) is 5.69 Å². The first kappa shape index (κ1) is 15.9. The highest BCUT2D eigenvalue weighted by atomic mass is 16.3. The Morgan fingerprint density at radius 3 is 2.46 bits per heavy atom. The van der Waals surface area contributed by atoms with Crippen LogP contribution in [0.1, 0.15) is 22.0 Å². The number of anilines is 1. The summed E-state index contributed by atoms with van der Waals surface area (Å²) in [5.74, 6) is 1.22. The van der Waals surface area contributed by atoms with Crippen molar-refractivity contribution in [1.82, 2.24) is 15.3 Å². The van der Waals surface area contributed by atoms with Crippen molar-refractivity contribution in [1.29, 1.82) is 0 Å². The fraction of sp³-hybridized carbons (Fsp3) is 0.105. The second-order valence-electron chi connectivity index (χ2n) is 5.65. The molecule has 0 bridgehead atoms. The van der Waals surface area contributed by atoms with Crippen LogP contribution in [0, 0.1) is 0 Å². The van der Waals surface area contributed by atoms with Gasteiger partial charge in [-0.15, -0.1) is 0 Å². The van der Waals surface area contributed by atoms with Crippen molar-refractivity contribution < 1.29 is 13.6 Å². The Morgan fingerprint density at radius 2 is 1.73 bits per heavy atom. The third-order valence-electron chi connectivity index (χ3n) is 3.87. The van der Waals surface area contributed by atoms with Gasteiger partial charge in [-0.3, -0.25) is 9.78 Å². The number of furan rings is 2. The lowest BCUT2D eigenvalue weighted by Gasteiger charge is -2.09. The number of amides is 1. The Kier molecular flexibility index (Phi) is 4.34. The SMILES string of the molecule is O=C(NCc1ccco1)c1ccc2cncc(NCc3ccco3)c2n1. The molecule has 1 amide bonds. The van der Waals surface area contributed by atoms with Crippen molar-refractivity contribution >= 4 is 22.5 Å². The molecule has 4 aromatic rings. The fourth-order valence-electron chi connectivity index (χ4n) is 2.57. The molecule has 0 spiro atoms. The van der Waals surface area contributed by atoms with Crippen molar-refractivity contribution in [2.24, 2.45) is 0 Å². The number of carbonyl (C=O) groups is 1. The monoisotopic (exact) mass is 348 g/mol. The van der Waals surface area contributed by atoms with E-state index in [9.17, 15) is 4.79 Å². The average molecular weight is 348 g/mol. The largest absolute Gasteiger partial charge is 0.467 e. The summed E-state index contributed by atoms with van der Waals surface area (Å²) in [6, 6.07) is 10.8. The molecule has 0 aliphatic heterocycles. The van der Waals surface area contributed by atoms with E-state index in [1.807, 2.05) is 18.2 Å². The summed E-state index contributed by atoms with van der Waals surface area (Å²) in [7, 11) is 0. The lowest BCUT2D eigenvalue weighted by molar-refractivity contribution is 0.0943. The van der Waals surface area contributed by atoms with E-state index in [2.05, 4.69) is 20.6 Å². The van der Waals surface area contributed by atoms with Gasteiger partial charge in [0.25, 0.3) is 5.91 Å². The number of nitrogens with one attached hydrogen (secondary N) is 2. The molecule has 4 heterocycles. The highest BCUT2D eigenvalue weighted by Crippen LogP contribution is 2.21. The summed E-state index contributed by atoms with van der Waals surface area (Å²) in [6.45, 7) is 0.815. The third-order valence-corrected chi connectivity index (χ3v) is 3.87. The van der Waals surface area contributed by atoms with Crippen LogP contribution in [0.3, 0.4) is 0 Å². The summed E-state index contributed by atoms with van der Waals surface area (Å²) in [5.41, 5.74) is 1.74. The van der Waals surface area contributed by atoms with Crippen molar-refractivity contribution in [3.8, 4) is 0 Å². The van der Waals surface area contributed by atoms with E-state index >= 15 is 0 Å². The minimum atomic E-state index is -0.267. The van der Waals surface area contributed by atoms with Gasteiger partial charge in [0.2, 0.25) is 0 Å². The summed E-state index contributed by atoms with van der Waals surface area (Å²) in [4.78, 5) is 21.1. The van der Waals surface area contributed by atoms with Crippen LogP contribution in [-0.4, -0.2) is 15.9 Å². The van der Waals surface area contributed by atoms with Crippen LogP contribution in [0.5, 0.6) is 0 Å². The molecule has 0 fully saturated rings. The molecule has 0 atom stereocenters. The van der Waals surface area contributed by atoms with Crippen LogP contribution in [-0.2, 0) is 13.1 Å². The van der Waals surface area contributed by atoms with Crippen LogP contribution in [0.25, 0.3) is 10.9 Å². The zero-order chi connectivity index (χ0) is 17.8. The van der Waals surface area contributed by atoms with E-state index in [0.717, 1.165) is 16.8 Å². The van der Waals surface area contributed by atoms with E-state index in [4.69, 9.17) is 8.83 Å². The number of nitrogens with zero attached hydrogens (tertiary/aromatic N) is 2. The second kappa shape index (κ2) is 7.10. The predicted molar refractivity (Wildman–Crippen MR) is 95.5 cm³/mol. The van der Waals surface area contributed by atoms with Gasteiger partial charge in [0, 0.05) is 11.6 Å². The maximum atomic E-state index is 12.4. The van der Waals surface area contributed by atoms with E-state index in [-0.39, 0.29) is 5.91 Å². The van der Waals surface area contributed by atoms with Gasteiger partial charge < -0.3 is 19.5 Å². The smallest absolute Gasteiger partial charge is 0.270 e. The summed E-state index contributed by atoms with van der Waals surface area (Å²) >= 11 is 0. The molecular formula is C19H16N4O3. The van der Waals surface area contributed by atoms with Gasteiger partial charge in [0.05, 0.1) is 43.0 Å². The number of fused-ring (bicyclic) bond motifs is 1. The van der Waals surface area contributed by atoms with Crippen molar-refractivity contribution in [3.05, 3.63) is 78.5 Å². The van der Waals surface area contributed by atoms with Gasteiger partial charge in [-0.05, 0) is 36.4 Å². The topological polar surface area (TPSA) is 93.2 Å². The van der Waals surface area contributed by atoms with E-state index < -0.39 is 0 Å². The fourth-order valence-corrected chi connectivity index (χ4v) is 2.57. The van der Waals surface area contributed by atoms with Gasteiger partial charge in [-0.25, -0.2) is 4.98 Å². The first-order valence-electron chi connectivity index (χ1n) is 8.11. The van der Waals surface area contributed by atoms with E-state index in [0.29, 0.717) is 30.1 Å². The minimum absolute atomic E-state index is 0.267. The molecule has 4 aromatic heterocycles. The van der Waals surface area contributed by atoms with Crippen LogP contribution >= 0.6 is 0 Å².